The van der Waals surface area contributed by atoms with Crippen molar-refractivity contribution in [1.82, 2.24) is 0 Å². The van der Waals surface area contributed by atoms with Gasteiger partial charge < -0.3 is 0 Å². The van der Waals surface area contributed by atoms with Crippen LogP contribution in [0.5, 0.6) is 0 Å². The van der Waals surface area contributed by atoms with Crippen LogP contribution in [0.4, 0.5) is 0 Å². The number of hydrogen-bond donors (Lipinski definition) is 0. The summed E-state index contributed by atoms with van der Waals surface area (Å²) in [5.41, 5.74) is 0. The van der Waals surface area contributed by atoms with Crippen LogP contribution in [0, 0.1) is 0 Å². The Morgan fingerprint density at radius 2 is 1.78 bits per heavy atom. The molecule has 1 aliphatic rings. The summed E-state index contributed by atoms with van der Waals surface area (Å²) < 4.78 is -0.583. The maximum atomic E-state index is 11.2. The molecule has 3 heteroatoms. The van der Waals surface area contributed by atoms with Crippen molar-refractivity contribution >= 4 is 5.91 Å². The van der Waals surface area contributed by atoms with Crippen molar-refractivity contribution in [2.45, 2.75) is 19.8 Å². The van der Waals surface area contributed by atoms with Gasteiger partial charge in [0.15, 0.2) is 0 Å². The molecule has 51 valence electrons. The molecule has 1 rings (SSSR count). The first-order valence-electron chi connectivity index (χ1n) is 3.24. The van der Waals surface area contributed by atoms with Gasteiger partial charge in [0.1, 0.15) is 13.1 Å². The molecule has 9 heavy (non-hydrogen) atoms. The van der Waals surface area contributed by atoms with Gasteiger partial charge in [-0.1, -0.05) is 4.65 Å². The molecular formula is C6H11NO2+. The van der Waals surface area contributed by atoms with Crippen molar-refractivity contribution in [3.8, 4) is 0 Å². The number of quaternary nitrogens is 1. The van der Waals surface area contributed by atoms with Crippen LogP contribution in [0.1, 0.15) is 19.8 Å². The molecule has 0 aromatic carbocycles. The number of rotatable bonds is 0. The van der Waals surface area contributed by atoms with E-state index in [1.807, 2.05) is 0 Å². The lowest BCUT2D eigenvalue weighted by atomic mass is 10.4. The Morgan fingerprint density at radius 3 is 2.00 bits per heavy atom. The molecule has 0 atom stereocenters. The third-order valence-electron chi connectivity index (χ3n) is 1.86. The number of nitrogens with zero attached hydrogens (tertiary/aromatic N) is 1. The molecule has 0 aromatic heterocycles. The molecule has 1 fully saturated rings. The van der Waals surface area contributed by atoms with Gasteiger partial charge in [-0.3, -0.25) is 0 Å². The number of hydroxylamine groups is 3. The Balaban J connectivity index is 2.61. The molecule has 0 aliphatic carbocycles. The first kappa shape index (κ1) is 6.71. The van der Waals surface area contributed by atoms with Crippen molar-refractivity contribution in [3.63, 3.8) is 0 Å². The molecule has 0 saturated carbocycles. The van der Waals surface area contributed by atoms with Gasteiger partial charge in [-0.15, -0.1) is 0 Å². The molecule has 1 heterocycles. The van der Waals surface area contributed by atoms with Gasteiger partial charge >= 0.3 is 5.91 Å². The minimum atomic E-state index is -0.583. The molecule has 0 N–H and O–H groups in total. The predicted octanol–water partition coefficient (Wildman–Crippen LogP) is 0.489. The summed E-state index contributed by atoms with van der Waals surface area (Å²) in [6.07, 6.45) is 1.81. The summed E-state index contributed by atoms with van der Waals surface area (Å²) in [5, 5.41) is 11.2. The smallest absolute Gasteiger partial charge is 0.228 e. The van der Waals surface area contributed by atoms with Gasteiger partial charge in [0.05, 0.1) is 6.92 Å². The highest BCUT2D eigenvalue weighted by atomic mass is 16.6. The third kappa shape index (κ3) is 1.11. The third-order valence-corrected chi connectivity index (χ3v) is 1.86. The van der Waals surface area contributed by atoms with Crippen LogP contribution in [0.2, 0.25) is 0 Å². The summed E-state index contributed by atoms with van der Waals surface area (Å²) in [6, 6.07) is 0. The van der Waals surface area contributed by atoms with Crippen LogP contribution < -0.4 is 0 Å². The summed E-state index contributed by atoms with van der Waals surface area (Å²) in [6.45, 7) is 2.36. The first-order chi connectivity index (χ1) is 4.15. The van der Waals surface area contributed by atoms with Crippen molar-refractivity contribution in [2.24, 2.45) is 0 Å². The van der Waals surface area contributed by atoms with E-state index in [1.54, 1.807) is 0 Å². The maximum absolute atomic E-state index is 11.2. The number of likely N-dealkylation sites (tertiary alicyclic amines) is 1. The lowest BCUT2D eigenvalue weighted by molar-refractivity contribution is -1.06. The quantitative estimate of drug-likeness (QED) is 0.438. The number of hydrogen-bond acceptors (Lipinski definition) is 1. The molecule has 0 aromatic rings. The average molecular weight is 129 g/mol. The van der Waals surface area contributed by atoms with Gasteiger partial charge in [-0.2, -0.15) is 0 Å². The largest absolute Gasteiger partial charge is 0.345 e. The highest BCUT2D eigenvalue weighted by Crippen LogP contribution is 2.16. The standard InChI is InChI=1S/C6H11NO2/c1-6(8)7(9)4-2-3-5-7/h2-5H2,1H3/q+1. The van der Waals surface area contributed by atoms with Gasteiger partial charge in [0.2, 0.25) is 0 Å². The second-order valence-corrected chi connectivity index (χ2v) is 2.56. The van der Waals surface area contributed by atoms with E-state index in [-0.39, 0.29) is 5.91 Å². The fourth-order valence-corrected chi connectivity index (χ4v) is 1.16. The fraction of sp³-hybridized carbons (Fsp3) is 0.833. The number of carbonyl (C=O) groups excluding carboxylic acids is 1. The predicted molar refractivity (Wildman–Crippen MR) is 30.6 cm³/mol. The monoisotopic (exact) mass is 129 g/mol. The highest BCUT2D eigenvalue weighted by molar-refractivity contribution is 5.64. The van der Waals surface area contributed by atoms with E-state index in [0.717, 1.165) is 12.8 Å². The van der Waals surface area contributed by atoms with Crippen molar-refractivity contribution in [3.05, 3.63) is 0 Å². The van der Waals surface area contributed by atoms with E-state index in [0.29, 0.717) is 13.1 Å². The molecule has 0 unspecified atom stereocenters. The van der Waals surface area contributed by atoms with Crippen LogP contribution in [0.15, 0.2) is 0 Å². The lowest BCUT2D eigenvalue weighted by Gasteiger charge is -2.14. The molecular weight excluding hydrogens is 118 g/mol. The minimum Gasteiger partial charge on any atom is -0.228 e. The second-order valence-electron chi connectivity index (χ2n) is 2.56. The Hall–Kier alpha value is -0.410. The fourth-order valence-electron chi connectivity index (χ4n) is 1.16. The van der Waals surface area contributed by atoms with Crippen LogP contribution in [-0.4, -0.2) is 23.6 Å². The highest BCUT2D eigenvalue weighted by Gasteiger charge is 2.38. The van der Waals surface area contributed by atoms with E-state index in [1.165, 1.54) is 6.92 Å². The van der Waals surface area contributed by atoms with Crippen molar-refractivity contribution in [1.29, 1.82) is 0 Å². The average Bonchev–Trinajstić information content (AvgIpc) is 2.16. The molecule has 1 amide bonds. The first-order valence-corrected chi connectivity index (χ1v) is 3.24. The van der Waals surface area contributed by atoms with E-state index in [2.05, 4.69) is 0 Å². The second kappa shape index (κ2) is 2.08. The van der Waals surface area contributed by atoms with E-state index >= 15 is 0 Å². The summed E-state index contributed by atoms with van der Waals surface area (Å²) in [4.78, 5) is 10.6. The van der Waals surface area contributed by atoms with E-state index < -0.39 is 4.65 Å². The minimum absolute atomic E-state index is 0.243. The summed E-state index contributed by atoms with van der Waals surface area (Å²) in [7, 11) is 0. The van der Waals surface area contributed by atoms with Crippen LogP contribution >= 0.6 is 0 Å². The van der Waals surface area contributed by atoms with Gasteiger partial charge in [0.25, 0.3) is 0 Å². The van der Waals surface area contributed by atoms with Crippen LogP contribution in [0.3, 0.4) is 0 Å². The molecule has 1 aliphatic heterocycles. The summed E-state index contributed by atoms with van der Waals surface area (Å²) in [5.74, 6) is -0.243. The summed E-state index contributed by atoms with van der Waals surface area (Å²) >= 11 is 0. The normalized spacial score (nSPS) is 24.2. The van der Waals surface area contributed by atoms with Crippen molar-refractivity contribution in [2.75, 3.05) is 13.1 Å². The van der Waals surface area contributed by atoms with Gasteiger partial charge in [-0.25, -0.2) is 4.79 Å². The zero-order valence-electron chi connectivity index (χ0n) is 5.59. The van der Waals surface area contributed by atoms with Crippen molar-refractivity contribution < 1.29 is 14.6 Å². The SMILES string of the molecule is CC(=O)[N+]1([O])CCCC1. The Morgan fingerprint density at radius 1 is 1.33 bits per heavy atom. The van der Waals surface area contributed by atoms with Gasteiger partial charge in [-0.05, 0) is 0 Å². The number of carbonyl (C=O) groups is 1. The molecule has 3 nitrogen and oxygen atoms in total. The Bertz CT molecular complexity index is 127. The molecule has 0 spiro atoms. The van der Waals surface area contributed by atoms with Crippen LogP contribution in [-0.2, 0) is 10.0 Å². The maximum Gasteiger partial charge on any atom is 0.345 e. The zero-order valence-corrected chi connectivity index (χ0v) is 5.59. The van der Waals surface area contributed by atoms with Crippen LogP contribution in [0.25, 0.3) is 0 Å². The van der Waals surface area contributed by atoms with E-state index in [9.17, 15) is 10.0 Å². The molecule has 1 saturated heterocycles. The Kier molecular flexibility index (Phi) is 1.55. The molecule has 1 radical (unpaired) electrons. The topological polar surface area (TPSA) is 37.0 Å². The molecule has 0 bridgehead atoms. The lowest BCUT2D eigenvalue weighted by Crippen LogP contribution is -2.44. The van der Waals surface area contributed by atoms with Gasteiger partial charge in [0, 0.05) is 18.0 Å². The van der Waals surface area contributed by atoms with E-state index in [4.69, 9.17) is 0 Å². The zero-order chi connectivity index (χ0) is 6.91. The number of amides is 1. The Labute approximate surface area is 54.4 Å².